The summed E-state index contributed by atoms with van der Waals surface area (Å²) in [5.74, 6) is 0. The first-order valence-electron chi connectivity index (χ1n) is 11.1. The van der Waals surface area contributed by atoms with Crippen molar-refractivity contribution < 1.29 is 86.8 Å². The van der Waals surface area contributed by atoms with E-state index in [1.807, 2.05) is 0 Å². The van der Waals surface area contributed by atoms with E-state index < -0.39 is 116 Å². The van der Waals surface area contributed by atoms with E-state index in [9.17, 15) is 54.4 Å². The van der Waals surface area contributed by atoms with Crippen molar-refractivity contribution in [2.75, 3.05) is 13.2 Å². The maximum absolute atomic E-state index is 11.2. The molecule has 0 amide bonds. The van der Waals surface area contributed by atoms with Crippen LogP contribution < -0.4 is 0 Å². The summed E-state index contributed by atoms with van der Waals surface area (Å²) in [6.07, 6.45) is -26.7. The van der Waals surface area contributed by atoms with Crippen molar-refractivity contribution in [3.63, 3.8) is 0 Å². The zero-order valence-electron chi connectivity index (χ0n) is 19.2. The third-order valence-corrected chi connectivity index (χ3v) is 6.72. The minimum absolute atomic E-state index is 0.863. The van der Waals surface area contributed by atoms with Crippen LogP contribution in [-0.4, -0.2) is 164 Å². The van der Waals surface area contributed by atoms with E-state index in [2.05, 4.69) is 4.18 Å². The summed E-state index contributed by atoms with van der Waals surface area (Å²) < 4.78 is 62.4. The van der Waals surface area contributed by atoms with Crippen molar-refractivity contribution in [3.8, 4) is 0 Å². The second kappa shape index (κ2) is 12.2. The highest BCUT2D eigenvalue weighted by Gasteiger charge is 2.54. The van der Waals surface area contributed by atoms with E-state index in [1.165, 1.54) is 6.92 Å². The van der Waals surface area contributed by atoms with Crippen molar-refractivity contribution in [2.24, 2.45) is 0 Å². The average Bonchev–Trinajstić information content (AvgIpc) is 2.83. The van der Waals surface area contributed by atoms with Crippen LogP contribution >= 0.6 is 0 Å². The molecule has 0 spiro atoms. The van der Waals surface area contributed by atoms with Crippen LogP contribution in [0, 0.1) is 0 Å². The minimum Gasteiger partial charge on any atom is -0.394 e. The number of aliphatic hydroxyl groups excluding tert-OH is 9. The van der Waals surface area contributed by atoms with Gasteiger partial charge >= 0.3 is 10.4 Å². The Labute approximate surface area is 210 Å². The lowest BCUT2D eigenvalue weighted by atomic mass is 9.96. The molecule has 37 heavy (non-hydrogen) atoms. The van der Waals surface area contributed by atoms with Crippen molar-refractivity contribution in [1.82, 2.24) is 0 Å². The Morgan fingerprint density at radius 3 is 1.78 bits per heavy atom. The highest BCUT2D eigenvalue weighted by molar-refractivity contribution is 7.80. The van der Waals surface area contributed by atoms with Crippen LogP contribution in [0.5, 0.6) is 0 Å². The fourth-order valence-corrected chi connectivity index (χ4v) is 4.74. The fourth-order valence-electron chi connectivity index (χ4n) is 4.23. The Hall–Kier alpha value is -0.690. The molecule has 3 saturated heterocycles. The largest absolute Gasteiger partial charge is 0.397 e. The van der Waals surface area contributed by atoms with Gasteiger partial charge in [0, 0.05) is 0 Å². The maximum Gasteiger partial charge on any atom is 0.397 e. The monoisotopic (exact) mass is 568 g/mol. The molecule has 3 rings (SSSR count). The van der Waals surface area contributed by atoms with Crippen molar-refractivity contribution in [2.45, 2.75) is 99.0 Å². The second-order valence-corrected chi connectivity index (χ2v) is 9.86. The van der Waals surface area contributed by atoms with Crippen molar-refractivity contribution in [3.05, 3.63) is 0 Å². The van der Waals surface area contributed by atoms with Gasteiger partial charge in [-0.05, 0) is 6.92 Å². The predicted octanol–water partition coefficient (Wildman–Crippen LogP) is -6.72. The normalized spacial score (nSPS) is 49.6. The molecule has 0 aromatic rings. The lowest BCUT2D eigenvalue weighted by Crippen LogP contribution is -2.67. The number of hydrogen-bond acceptors (Lipinski definition) is 17. The van der Waals surface area contributed by atoms with Crippen LogP contribution in [0.15, 0.2) is 0 Å². The summed E-state index contributed by atoms with van der Waals surface area (Å²) in [5, 5.41) is 90.8. The molecule has 0 aromatic carbocycles. The zero-order valence-corrected chi connectivity index (χ0v) is 20.0. The molecule has 0 bridgehead atoms. The molecule has 3 fully saturated rings. The number of aliphatic hydroxyl groups is 9. The Kier molecular flexibility index (Phi) is 10.2. The number of hydrogen-bond donors (Lipinski definition) is 10. The van der Waals surface area contributed by atoms with E-state index in [1.54, 1.807) is 0 Å². The molecule has 0 aromatic heterocycles. The van der Waals surface area contributed by atoms with E-state index in [0.29, 0.717) is 0 Å². The summed E-state index contributed by atoms with van der Waals surface area (Å²) in [7, 11) is -5.23. The third kappa shape index (κ3) is 6.73. The summed E-state index contributed by atoms with van der Waals surface area (Å²) >= 11 is 0. The predicted molar refractivity (Wildman–Crippen MR) is 110 cm³/mol. The smallest absolute Gasteiger partial charge is 0.394 e. The van der Waals surface area contributed by atoms with Gasteiger partial charge < -0.3 is 69.6 Å². The Bertz CT molecular complexity index is 845. The summed E-state index contributed by atoms with van der Waals surface area (Å²) in [6, 6.07) is 0. The van der Waals surface area contributed by atoms with E-state index >= 15 is 0 Å². The summed E-state index contributed by atoms with van der Waals surface area (Å²) in [4.78, 5) is 0. The first kappa shape index (κ1) is 30.8. The Balaban J connectivity index is 1.88. The maximum atomic E-state index is 11.2. The van der Waals surface area contributed by atoms with Gasteiger partial charge in [-0.2, -0.15) is 8.42 Å². The van der Waals surface area contributed by atoms with Crippen molar-refractivity contribution in [1.29, 1.82) is 0 Å². The third-order valence-electron chi connectivity index (χ3n) is 6.26. The van der Waals surface area contributed by atoms with Gasteiger partial charge in [-0.1, -0.05) is 0 Å². The lowest BCUT2D eigenvalue weighted by molar-refractivity contribution is -0.381. The van der Waals surface area contributed by atoms with Crippen LogP contribution in [0.2, 0.25) is 0 Å². The molecular weight excluding hydrogens is 536 g/mol. The number of ether oxygens (including phenoxy) is 5. The van der Waals surface area contributed by atoms with Gasteiger partial charge in [0.2, 0.25) is 0 Å². The van der Waals surface area contributed by atoms with Gasteiger partial charge in [-0.3, -0.25) is 4.55 Å². The first-order valence-corrected chi connectivity index (χ1v) is 12.5. The zero-order chi connectivity index (χ0) is 27.8. The van der Waals surface area contributed by atoms with Crippen LogP contribution in [0.3, 0.4) is 0 Å². The van der Waals surface area contributed by atoms with Gasteiger partial charge in [0.05, 0.1) is 19.3 Å². The van der Waals surface area contributed by atoms with Crippen LogP contribution in [-0.2, 0) is 38.3 Å². The molecule has 18 nitrogen and oxygen atoms in total. The van der Waals surface area contributed by atoms with Crippen molar-refractivity contribution >= 4 is 10.4 Å². The summed E-state index contributed by atoms with van der Waals surface area (Å²) in [6.45, 7) is -0.457. The Morgan fingerprint density at radius 1 is 0.649 bits per heavy atom. The highest BCUT2D eigenvalue weighted by atomic mass is 32.3. The van der Waals surface area contributed by atoms with E-state index in [-0.39, 0.29) is 0 Å². The van der Waals surface area contributed by atoms with Gasteiger partial charge in [0.1, 0.15) is 67.1 Å². The van der Waals surface area contributed by atoms with E-state index in [0.717, 1.165) is 0 Å². The van der Waals surface area contributed by atoms with Gasteiger partial charge in [-0.25, -0.2) is 4.18 Å². The molecular formula is C18H32O18S. The lowest BCUT2D eigenvalue weighted by Gasteiger charge is -2.48. The van der Waals surface area contributed by atoms with Crippen LogP contribution in [0.1, 0.15) is 6.92 Å². The molecule has 0 unspecified atom stereocenters. The highest BCUT2D eigenvalue weighted by Crippen LogP contribution is 2.33. The van der Waals surface area contributed by atoms with Gasteiger partial charge in [0.15, 0.2) is 18.9 Å². The summed E-state index contributed by atoms with van der Waals surface area (Å²) in [5.41, 5.74) is 0. The molecule has 0 aliphatic carbocycles. The molecule has 15 atom stereocenters. The Morgan fingerprint density at radius 2 is 1.22 bits per heavy atom. The standard InChI is InChI=1S/C18H32O18S/c1-4-7(21)9(23)10(24)17(31-4)34-13-6(3-20)32-16(27)11(25)15(13)35-18-12(26)14(36-37(28,29)30)8(22)5(2-19)33-18/h4-27H,2-3H2,1H3,(H,28,29,30)/t4-,5+,6+,7+,8-,9+,10-,11+,12+,13+,14-,15+,16+,17-,18-/m0/s1. The molecule has 3 heterocycles. The molecule has 3 aliphatic rings. The van der Waals surface area contributed by atoms with Gasteiger partial charge in [-0.15, -0.1) is 0 Å². The molecule has 218 valence electrons. The SMILES string of the molecule is C[C@@H]1O[C@@H](O[C@H]2[C@H](O[C@@H]3O[C@H](CO)[C@H](O)[C@H](OS(=O)(=O)O)[C@H]3O)[C@@H](O)[C@H](O)O[C@@H]2CO)[C@@H](O)[C@H](O)[C@@H]1O. The molecule has 19 heteroatoms. The molecule has 10 N–H and O–H groups in total. The van der Waals surface area contributed by atoms with Crippen LogP contribution in [0.4, 0.5) is 0 Å². The quantitative estimate of drug-likeness (QED) is 0.122. The van der Waals surface area contributed by atoms with E-state index in [4.69, 9.17) is 28.2 Å². The second-order valence-electron chi connectivity index (χ2n) is 8.82. The first-order chi connectivity index (χ1) is 17.2. The molecule has 3 aliphatic heterocycles. The van der Waals surface area contributed by atoms with Crippen LogP contribution in [0.25, 0.3) is 0 Å². The molecule has 0 radical (unpaired) electrons. The number of rotatable bonds is 8. The molecule has 0 saturated carbocycles. The van der Waals surface area contributed by atoms with Gasteiger partial charge in [0.25, 0.3) is 0 Å². The fraction of sp³-hybridized carbons (Fsp3) is 1.00. The average molecular weight is 569 g/mol. The topological polar surface area (TPSA) is 292 Å². The minimum atomic E-state index is -5.23.